The molecule has 0 atom stereocenters. The lowest BCUT2D eigenvalue weighted by molar-refractivity contribution is 1.31. The molecular weight excluding hydrogens is 156 g/mol. The monoisotopic (exact) mass is 162 g/mol. The minimum Gasteiger partial charge on any atom is -0.351 e. The number of aromatic nitrogens is 2. The summed E-state index contributed by atoms with van der Waals surface area (Å²) in [7, 11) is 0. The minimum atomic E-state index is 1.62. The highest BCUT2D eigenvalue weighted by atomic mass is 79.9. The van der Waals surface area contributed by atoms with Gasteiger partial charge in [-0.2, -0.15) is 0 Å². The zero-order valence-electron chi connectivity index (χ0n) is 4.06. The lowest BCUT2D eigenvalue weighted by Gasteiger charge is -1.46. The maximum absolute atomic E-state index is 3.67. The van der Waals surface area contributed by atoms with Gasteiger partial charge in [0, 0.05) is 12.4 Å². The van der Waals surface area contributed by atoms with Gasteiger partial charge in [0.2, 0.25) is 0 Å². The second-order valence-corrected chi connectivity index (χ2v) is 0.761. The van der Waals surface area contributed by atoms with Crippen LogP contribution in [0.2, 0.25) is 0 Å². The number of nitrogens with zero attached hydrogens (tertiary/aromatic N) is 1. The van der Waals surface area contributed by atoms with Gasteiger partial charge in [-0.05, 0) is 5.83 Å². The number of imidazole rings is 1. The maximum atomic E-state index is 3.67. The van der Waals surface area contributed by atoms with Crippen molar-refractivity contribution in [2.75, 3.05) is 5.83 Å². The van der Waals surface area contributed by atoms with E-state index in [1.807, 2.05) is 5.83 Å². The van der Waals surface area contributed by atoms with Crippen molar-refractivity contribution in [3.05, 3.63) is 18.7 Å². The van der Waals surface area contributed by atoms with Gasteiger partial charge in [-0.15, -0.1) is 0 Å². The number of nitrogens with one attached hydrogen (secondary N) is 1. The molecule has 7 heavy (non-hydrogen) atoms. The van der Waals surface area contributed by atoms with E-state index in [0.717, 1.165) is 0 Å². The molecule has 1 N–H and O–H groups in total. The van der Waals surface area contributed by atoms with Crippen molar-refractivity contribution in [3.8, 4) is 0 Å². The smallest absolute Gasteiger partial charge is 0.0919 e. The van der Waals surface area contributed by atoms with Crippen LogP contribution in [0, 0.1) is 0 Å². The van der Waals surface area contributed by atoms with Gasteiger partial charge in [0.25, 0.3) is 0 Å². The van der Waals surface area contributed by atoms with E-state index in [9.17, 15) is 0 Å². The number of alkyl halides is 1. The molecule has 0 spiro atoms. The van der Waals surface area contributed by atoms with Crippen LogP contribution >= 0.6 is 15.9 Å². The molecule has 0 saturated heterocycles. The standard InChI is InChI=1S/C3H4N2.CH3Br/c1-2-5-3-4-1;1-2/h1-3H,(H,4,5);1H3. The maximum Gasteiger partial charge on any atom is 0.0919 e. The average molecular weight is 163 g/mol. The molecule has 0 radical (unpaired) electrons. The lowest BCUT2D eigenvalue weighted by atomic mass is 11.0. The van der Waals surface area contributed by atoms with Crippen molar-refractivity contribution in [2.45, 2.75) is 0 Å². The van der Waals surface area contributed by atoms with E-state index in [0.29, 0.717) is 0 Å². The minimum absolute atomic E-state index is 1.62. The fraction of sp³-hybridized carbons (Fsp3) is 0.250. The summed E-state index contributed by atoms with van der Waals surface area (Å²) in [6.07, 6.45) is 5.08. The number of hydrogen-bond donors (Lipinski definition) is 1. The molecule has 0 amide bonds. The molecule has 0 fully saturated rings. The fourth-order valence-electron chi connectivity index (χ4n) is 0.215. The van der Waals surface area contributed by atoms with Gasteiger partial charge < -0.3 is 4.98 Å². The Hall–Kier alpha value is -0.310. The van der Waals surface area contributed by atoms with E-state index in [1.54, 1.807) is 18.7 Å². The molecule has 40 valence electrons. The van der Waals surface area contributed by atoms with Gasteiger partial charge in [0.15, 0.2) is 0 Å². The van der Waals surface area contributed by atoms with E-state index in [4.69, 9.17) is 0 Å². The highest BCUT2D eigenvalue weighted by molar-refractivity contribution is 9.08. The summed E-state index contributed by atoms with van der Waals surface area (Å²) in [4.78, 5) is 6.42. The second kappa shape index (κ2) is 5.69. The largest absolute Gasteiger partial charge is 0.351 e. The zero-order valence-corrected chi connectivity index (χ0v) is 5.64. The molecule has 0 aliphatic rings. The molecule has 0 unspecified atom stereocenters. The summed E-state index contributed by atoms with van der Waals surface area (Å²) in [5, 5.41) is 0. The van der Waals surface area contributed by atoms with Gasteiger partial charge in [-0.1, -0.05) is 15.9 Å². The van der Waals surface area contributed by atoms with Crippen molar-refractivity contribution < 1.29 is 0 Å². The summed E-state index contributed by atoms with van der Waals surface area (Å²) in [5.41, 5.74) is 0. The van der Waals surface area contributed by atoms with Gasteiger partial charge in [-0.25, -0.2) is 4.98 Å². The summed E-state index contributed by atoms with van der Waals surface area (Å²) in [6, 6.07) is 0. The first-order valence-corrected chi connectivity index (χ1v) is 3.39. The molecule has 0 aliphatic carbocycles. The van der Waals surface area contributed by atoms with Gasteiger partial charge in [0.1, 0.15) is 0 Å². The molecule has 0 saturated carbocycles. The molecule has 2 nitrogen and oxygen atoms in total. The SMILES string of the molecule is CBr.c1c[nH]cn1. The summed E-state index contributed by atoms with van der Waals surface area (Å²) in [5.74, 6) is 1.81. The van der Waals surface area contributed by atoms with E-state index in [1.165, 1.54) is 0 Å². The van der Waals surface area contributed by atoms with Crippen molar-refractivity contribution in [1.29, 1.82) is 0 Å². The van der Waals surface area contributed by atoms with Crippen molar-refractivity contribution in [3.63, 3.8) is 0 Å². The number of H-pyrrole nitrogens is 1. The van der Waals surface area contributed by atoms with E-state index >= 15 is 0 Å². The van der Waals surface area contributed by atoms with Crippen molar-refractivity contribution in [1.82, 2.24) is 9.97 Å². The number of hydrogen-bond acceptors (Lipinski definition) is 1. The normalized spacial score (nSPS) is 6.57. The van der Waals surface area contributed by atoms with Gasteiger partial charge in [0.05, 0.1) is 6.33 Å². The third-order valence-electron chi connectivity index (χ3n) is 0.406. The first kappa shape index (κ1) is 6.69. The lowest BCUT2D eigenvalue weighted by Crippen LogP contribution is -1.44. The Labute approximate surface area is 51.1 Å². The van der Waals surface area contributed by atoms with E-state index in [-0.39, 0.29) is 0 Å². The first-order valence-electron chi connectivity index (χ1n) is 1.81. The van der Waals surface area contributed by atoms with Crippen LogP contribution in [0.5, 0.6) is 0 Å². The second-order valence-electron chi connectivity index (χ2n) is 0.761. The summed E-state index contributed by atoms with van der Waals surface area (Å²) >= 11 is 2.94. The molecule has 1 aromatic rings. The van der Waals surface area contributed by atoms with Crippen LogP contribution in [0.3, 0.4) is 0 Å². The summed E-state index contributed by atoms with van der Waals surface area (Å²) in [6.45, 7) is 0. The quantitative estimate of drug-likeness (QED) is 0.575. The van der Waals surface area contributed by atoms with Gasteiger partial charge >= 0.3 is 0 Å². The Bertz CT molecular complexity index is 66.2. The predicted octanol–water partition coefficient (Wildman–Crippen LogP) is 1.42. The van der Waals surface area contributed by atoms with Gasteiger partial charge in [-0.3, -0.25) is 0 Å². The highest BCUT2D eigenvalue weighted by Crippen LogP contribution is 1.62. The topological polar surface area (TPSA) is 28.7 Å². The Balaban J connectivity index is 0.000000162. The Morgan fingerprint density at radius 2 is 2.29 bits per heavy atom. The Morgan fingerprint density at radius 1 is 1.57 bits per heavy atom. The first-order chi connectivity index (χ1) is 3.50. The van der Waals surface area contributed by atoms with Crippen LogP contribution in [0.4, 0.5) is 0 Å². The third kappa shape index (κ3) is 3.52. The Morgan fingerprint density at radius 3 is 2.43 bits per heavy atom. The van der Waals surface area contributed by atoms with Crippen LogP contribution in [-0.4, -0.2) is 15.8 Å². The predicted molar refractivity (Wildman–Crippen MR) is 33.4 cm³/mol. The molecule has 3 heteroatoms. The Kier molecular flexibility index (Phi) is 5.44. The van der Waals surface area contributed by atoms with Crippen molar-refractivity contribution in [2.24, 2.45) is 0 Å². The molecular formula is C4H7BrN2. The van der Waals surface area contributed by atoms with Crippen LogP contribution in [0.25, 0.3) is 0 Å². The van der Waals surface area contributed by atoms with E-state index in [2.05, 4.69) is 25.9 Å². The van der Waals surface area contributed by atoms with Crippen LogP contribution in [0.1, 0.15) is 0 Å². The van der Waals surface area contributed by atoms with Crippen LogP contribution < -0.4 is 0 Å². The molecule has 1 aromatic heterocycles. The molecule has 0 aromatic carbocycles. The molecule has 0 bridgehead atoms. The summed E-state index contributed by atoms with van der Waals surface area (Å²) < 4.78 is 0. The van der Waals surface area contributed by atoms with Crippen LogP contribution in [-0.2, 0) is 0 Å². The number of aromatic amines is 1. The molecule has 1 heterocycles. The third-order valence-corrected chi connectivity index (χ3v) is 0.406. The fourth-order valence-corrected chi connectivity index (χ4v) is 0.215. The number of rotatable bonds is 0. The highest BCUT2D eigenvalue weighted by Gasteiger charge is 1.56. The van der Waals surface area contributed by atoms with Crippen molar-refractivity contribution >= 4 is 15.9 Å². The van der Waals surface area contributed by atoms with Crippen LogP contribution in [0.15, 0.2) is 18.7 Å². The number of halogens is 1. The molecule has 1 rings (SSSR count). The molecule has 0 aliphatic heterocycles. The average Bonchev–Trinajstić information content (AvgIpc) is 2.23. The van der Waals surface area contributed by atoms with E-state index < -0.39 is 0 Å². The zero-order chi connectivity index (χ0) is 5.54.